The van der Waals surface area contributed by atoms with E-state index >= 15 is 0 Å². The molecule has 25 heavy (non-hydrogen) atoms. The SMILES string of the molecule is COCCNC(=O)CSCc1nnc(C(=O)Nc2ccc(C)cc2)s1. The zero-order valence-electron chi connectivity index (χ0n) is 14.1. The van der Waals surface area contributed by atoms with Crippen molar-refractivity contribution < 1.29 is 14.3 Å². The maximum Gasteiger partial charge on any atom is 0.286 e. The van der Waals surface area contributed by atoms with E-state index < -0.39 is 0 Å². The number of rotatable bonds is 9. The molecular weight excluding hydrogens is 360 g/mol. The average Bonchev–Trinajstić information content (AvgIpc) is 3.06. The first-order chi connectivity index (χ1) is 12.1. The van der Waals surface area contributed by atoms with Crippen molar-refractivity contribution in [2.24, 2.45) is 0 Å². The number of aromatic nitrogens is 2. The molecule has 0 fully saturated rings. The molecule has 0 spiro atoms. The molecule has 2 N–H and O–H groups in total. The number of thioether (sulfide) groups is 1. The van der Waals surface area contributed by atoms with Crippen molar-refractivity contribution in [2.75, 3.05) is 31.3 Å². The molecule has 0 saturated carbocycles. The minimum atomic E-state index is -0.282. The predicted molar refractivity (Wildman–Crippen MR) is 100 cm³/mol. The maximum atomic E-state index is 12.2. The lowest BCUT2D eigenvalue weighted by Crippen LogP contribution is -2.28. The highest BCUT2D eigenvalue weighted by Gasteiger charge is 2.13. The standard InChI is InChI=1S/C16H20N4O3S2/c1-11-3-5-12(6-4-11)18-15(22)16-20-19-14(25-16)10-24-9-13(21)17-7-8-23-2/h3-6H,7-10H2,1-2H3,(H,17,21)(H,18,22). The Balaban J connectivity index is 1.76. The molecule has 1 aromatic heterocycles. The van der Waals surface area contributed by atoms with Crippen LogP contribution in [-0.2, 0) is 15.3 Å². The van der Waals surface area contributed by atoms with Crippen molar-refractivity contribution in [1.29, 1.82) is 0 Å². The number of nitrogens with zero attached hydrogens (tertiary/aromatic N) is 2. The topological polar surface area (TPSA) is 93.2 Å². The van der Waals surface area contributed by atoms with Gasteiger partial charge in [-0.1, -0.05) is 29.0 Å². The fourth-order valence-corrected chi connectivity index (χ4v) is 3.44. The molecule has 0 saturated heterocycles. The van der Waals surface area contributed by atoms with Gasteiger partial charge in [0.05, 0.1) is 12.4 Å². The Hall–Kier alpha value is -1.97. The van der Waals surface area contributed by atoms with Crippen LogP contribution in [0, 0.1) is 6.92 Å². The molecule has 1 heterocycles. The van der Waals surface area contributed by atoms with E-state index in [-0.39, 0.29) is 11.8 Å². The highest BCUT2D eigenvalue weighted by molar-refractivity contribution is 7.99. The molecule has 0 unspecified atom stereocenters. The highest BCUT2D eigenvalue weighted by Crippen LogP contribution is 2.18. The van der Waals surface area contributed by atoms with Gasteiger partial charge in [-0.25, -0.2) is 0 Å². The Labute approximate surface area is 154 Å². The van der Waals surface area contributed by atoms with Crippen LogP contribution in [0.1, 0.15) is 20.4 Å². The van der Waals surface area contributed by atoms with Gasteiger partial charge in [0.15, 0.2) is 0 Å². The normalized spacial score (nSPS) is 10.5. The molecule has 134 valence electrons. The monoisotopic (exact) mass is 380 g/mol. The number of carbonyl (C=O) groups excluding carboxylic acids is 2. The Bertz CT molecular complexity index is 704. The summed E-state index contributed by atoms with van der Waals surface area (Å²) in [4.78, 5) is 23.7. The lowest BCUT2D eigenvalue weighted by Gasteiger charge is -2.03. The Morgan fingerprint density at radius 1 is 1.24 bits per heavy atom. The van der Waals surface area contributed by atoms with Gasteiger partial charge >= 0.3 is 0 Å². The van der Waals surface area contributed by atoms with Crippen LogP contribution in [0.15, 0.2) is 24.3 Å². The van der Waals surface area contributed by atoms with Crippen molar-refractivity contribution in [2.45, 2.75) is 12.7 Å². The van der Waals surface area contributed by atoms with Gasteiger partial charge in [0.25, 0.3) is 5.91 Å². The van der Waals surface area contributed by atoms with Crippen LogP contribution in [0.5, 0.6) is 0 Å². The molecule has 0 bridgehead atoms. The van der Waals surface area contributed by atoms with Gasteiger partial charge in [0.2, 0.25) is 10.9 Å². The summed E-state index contributed by atoms with van der Waals surface area (Å²) in [7, 11) is 1.59. The molecule has 0 atom stereocenters. The van der Waals surface area contributed by atoms with Crippen LogP contribution in [0.4, 0.5) is 5.69 Å². The van der Waals surface area contributed by atoms with E-state index in [2.05, 4.69) is 20.8 Å². The van der Waals surface area contributed by atoms with Gasteiger partial charge in [-0.2, -0.15) is 0 Å². The number of nitrogens with one attached hydrogen (secondary N) is 2. The summed E-state index contributed by atoms with van der Waals surface area (Å²) in [6, 6.07) is 7.53. The number of methoxy groups -OCH3 is 1. The quantitative estimate of drug-likeness (QED) is 0.647. The fourth-order valence-electron chi connectivity index (χ4n) is 1.80. The zero-order chi connectivity index (χ0) is 18.1. The number of carbonyl (C=O) groups is 2. The summed E-state index contributed by atoms with van der Waals surface area (Å²) in [5.41, 5.74) is 1.84. The molecule has 0 radical (unpaired) electrons. The minimum Gasteiger partial charge on any atom is -0.383 e. The van der Waals surface area contributed by atoms with Crippen LogP contribution >= 0.6 is 23.1 Å². The van der Waals surface area contributed by atoms with Crippen LogP contribution in [0.3, 0.4) is 0 Å². The molecule has 9 heteroatoms. The van der Waals surface area contributed by atoms with Gasteiger partial charge in [-0.05, 0) is 19.1 Å². The Morgan fingerprint density at radius 3 is 2.72 bits per heavy atom. The van der Waals surface area contributed by atoms with Gasteiger partial charge in [0, 0.05) is 25.1 Å². The lowest BCUT2D eigenvalue weighted by atomic mass is 10.2. The third kappa shape index (κ3) is 6.81. The predicted octanol–water partition coefficient (Wildman–Crippen LogP) is 2.09. The van der Waals surface area contributed by atoms with Gasteiger partial charge in [-0.15, -0.1) is 22.0 Å². The maximum absolute atomic E-state index is 12.2. The van der Waals surface area contributed by atoms with E-state index in [1.54, 1.807) is 7.11 Å². The average molecular weight is 380 g/mol. The second kappa shape index (κ2) is 10.1. The Kier molecular flexibility index (Phi) is 7.83. The first-order valence-electron chi connectivity index (χ1n) is 7.62. The molecule has 1 aromatic carbocycles. The zero-order valence-corrected chi connectivity index (χ0v) is 15.7. The van der Waals surface area contributed by atoms with E-state index in [4.69, 9.17) is 4.74 Å². The summed E-state index contributed by atoms with van der Waals surface area (Å²) < 4.78 is 4.86. The number of anilines is 1. The van der Waals surface area contributed by atoms with Crippen molar-refractivity contribution in [3.63, 3.8) is 0 Å². The number of benzene rings is 1. The second-order valence-corrected chi connectivity index (χ2v) is 7.20. The summed E-state index contributed by atoms with van der Waals surface area (Å²) in [6.45, 7) is 2.97. The molecule has 0 aliphatic carbocycles. The number of hydrogen-bond donors (Lipinski definition) is 2. The molecular formula is C16H20N4O3S2. The first-order valence-corrected chi connectivity index (χ1v) is 9.59. The third-order valence-corrected chi connectivity index (χ3v) is 5.11. The highest BCUT2D eigenvalue weighted by atomic mass is 32.2. The van der Waals surface area contributed by atoms with Gasteiger partial charge in [-0.3, -0.25) is 9.59 Å². The van der Waals surface area contributed by atoms with E-state index in [0.29, 0.717) is 34.7 Å². The minimum absolute atomic E-state index is 0.0519. The number of ether oxygens (including phenoxy) is 1. The molecule has 0 aliphatic rings. The molecule has 2 amide bonds. The largest absolute Gasteiger partial charge is 0.383 e. The van der Waals surface area contributed by atoms with Crippen LogP contribution in [0.25, 0.3) is 0 Å². The summed E-state index contributed by atoms with van der Waals surface area (Å²) >= 11 is 2.66. The first kappa shape index (κ1) is 19.4. The van der Waals surface area contributed by atoms with E-state index in [0.717, 1.165) is 11.3 Å². The number of aryl methyl sites for hydroxylation is 1. The summed E-state index contributed by atoms with van der Waals surface area (Å²) in [5, 5.41) is 14.5. The molecule has 7 nitrogen and oxygen atoms in total. The number of amides is 2. The third-order valence-electron chi connectivity index (χ3n) is 3.06. The molecule has 2 aromatic rings. The summed E-state index contributed by atoms with van der Waals surface area (Å²) in [6.07, 6.45) is 0. The van der Waals surface area contributed by atoms with Crippen molar-refractivity contribution >= 4 is 40.6 Å². The molecule has 0 aliphatic heterocycles. The van der Waals surface area contributed by atoms with Crippen molar-refractivity contribution in [3.8, 4) is 0 Å². The Morgan fingerprint density at radius 2 is 2.00 bits per heavy atom. The van der Waals surface area contributed by atoms with Gasteiger partial charge < -0.3 is 15.4 Å². The lowest BCUT2D eigenvalue weighted by molar-refractivity contribution is -0.118. The van der Waals surface area contributed by atoms with Crippen molar-refractivity contribution in [3.05, 3.63) is 39.8 Å². The fraction of sp³-hybridized carbons (Fsp3) is 0.375. The van der Waals surface area contributed by atoms with E-state index in [9.17, 15) is 9.59 Å². The van der Waals surface area contributed by atoms with Crippen LogP contribution < -0.4 is 10.6 Å². The number of hydrogen-bond acceptors (Lipinski definition) is 7. The second-order valence-electron chi connectivity index (χ2n) is 5.16. The summed E-state index contributed by atoms with van der Waals surface area (Å²) in [5.74, 6) is 0.528. The van der Waals surface area contributed by atoms with Crippen LogP contribution in [0.2, 0.25) is 0 Å². The van der Waals surface area contributed by atoms with E-state index in [1.165, 1.54) is 23.1 Å². The van der Waals surface area contributed by atoms with Crippen molar-refractivity contribution in [1.82, 2.24) is 15.5 Å². The van der Waals surface area contributed by atoms with Crippen LogP contribution in [-0.4, -0.2) is 48.0 Å². The van der Waals surface area contributed by atoms with Gasteiger partial charge in [0.1, 0.15) is 5.01 Å². The smallest absolute Gasteiger partial charge is 0.286 e. The van der Waals surface area contributed by atoms with E-state index in [1.807, 2.05) is 31.2 Å². The molecule has 2 rings (SSSR count).